The maximum atomic E-state index is 12.9. The molecule has 0 unspecified atom stereocenters. The lowest BCUT2D eigenvalue weighted by Crippen LogP contribution is -2.36. The van der Waals surface area contributed by atoms with E-state index in [1.165, 1.54) is 24.5 Å². The summed E-state index contributed by atoms with van der Waals surface area (Å²) >= 11 is 0. The zero-order valence-corrected chi connectivity index (χ0v) is 59.0. The van der Waals surface area contributed by atoms with Crippen LogP contribution in [0.4, 0.5) is 5.95 Å². The Labute approximate surface area is 618 Å². The maximum Gasteiger partial charge on any atom is 0.354 e. The van der Waals surface area contributed by atoms with Crippen LogP contribution in [0.1, 0.15) is 146 Å². The molecular formula is C82H78N14O11. The molecule has 0 saturated carbocycles. The number of carbonyl (C=O) groups excluding carboxylic acids is 3. The van der Waals surface area contributed by atoms with Crippen molar-refractivity contribution in [2.24, 2.45) is 0 Å². The summed E-state index contributed by atoms with van der Waals surface area (Å²) in [7, 11) is 0. The van der Waals surface area contributed by atoms with Gasteiger partial charge in [0.15, 0.2) is 11.2 Å². The second-order valence-electron chi connectivity index (χ2n) is 25.6. The average Bonchev–Trinajstić information content (AvgIpc) is 1.75. The second-order valence-corrected chi connectivity index (χ2v) is 25.6. The predicted molar refractivity (Wildman–Crippen MR) is 399 cm³/mol. The molecule has 25 heteroatoms. The highest BCUT2D eigenvalue weighted by Gasteiger charge is 2.22. The summed E-state index contributed by atoms with van der Waals surface area (Å²) in [6, 6.07) is 46.9. The number of fused-ring (bicyclic) bond motifs is 1. The van der Waals surface area contributed by atoms with Crippen LogP contribution in [0.15, 0.2) is 164 Å². The number of aromatic carboxylic acids is 3. The number of aromatic nitrogens is 7. The van der Waals surface area contributed by atoms with E-state index in [9.17, 15) is 44.1 Å². The van der Waals surface area contributed by atoms with E-state index in [0.29, 0.717) is 134 Å². The average molecular weight is 1440 g/mol. The molecule has 5 aromatic heterocycles. The predicted octanol–water partition coefficient (Wildman–Crippen LogP) is 8.73. The molecule has 3 amide bonds. The highest BCUT2D eigenvalue weighted by molar-refractivity contribution is 5.94. The third kappa shape index (κ3) is 23.2. The SMILES string of the molecule is Cc1ccc(C#Cc2cc(CN3CCN(Cc4cc(C#Cc5ccc(C)cc5)cc(C(=O)O)n4)CCN(Cc4cc(C#Cc5ccc(OCCCNC(=O)CCCC(=O)NCc6ccc(C(=O)NCc7ccc(COc8nc(N)nc9[nH]cnc89)cc7)cc6)cc5)cc(C(=O)O)n4)CC3)nc(C(=O)O)c2)cc1. The summed E-state index contributed by atoms with van der Waals surface area (Å²) in [5.41, 5.74) is 16.7. The fraction of sp³-hybridized carbons (Fsp3) is 0.244. The Hall–Kier alpha value is -13.1. The highest BCUT2D eigenvalue weighted by Crippen LogP contribution is 2.23. The Balaban J connectivity index is 0.636. The van der Waals surface area contributed by atoms with Crippen molar-refractivity contribution in [2.75, 3.05) is 58.2 Å². The lowest BCUT2D eigenvalue weighted by atomic mass is 10.1. The quantitative estimate of drug-likeness (QED) is 0.0185. The summed E-state index contributed by atoms with van der Waals surface area (Å²) in [6.45, 7) is 9.28. The number of aryl methyl sites for hydroxylation is 2. The molecule has 5 aromatic carbocycles. The minimum Gasteiger partial charge on any atom is -0.494 e. The number of carboxylic acids is 3. The zero-order chi connectivity index (χ0) is 75.0. The topological polar surface area (TPSA) is 347 Å². The molecule has 25 nitrogen and oxygen atoms in total. The normalized spacial score (nSPS) is 12.5. The number of nitrogens with zero attached hydrogens (tertiary/aromatic N) is 9. The van der Waals surface area contributed by atoms with Crippen LogP contribution in [0.2, 0.25) is 0 Å². The number of pyridine rings is 3. The number of hydrogen-bond acceptors (Lipinski definition) is 18. The van der Waals surface area contributed by atoms with Crippen LogP contribution < -0.4 is 31.2 Å². The summed E-state index contributed by atoms with van der Waals surface area (Å²) in [4.78, 5) is 111. The number of anilines is 1. The van der Waals surface area contributed by atoms with Crippen molar-refractivity contribution in [3.05, 3.63) is 265 Å². The van der Waals surface area contributed by atoms with Gasteiger partial charge < -0.3 is 51.5 Å². The van der Waals surface area contributed by atoms with Gasteiger partial charge in [-0.05, 0) is 140 Å². The number of carbonyl (C=O) groups is 6. The number of hydrogen-bond donors (Lipinski definition) is 8. The summed E-state index contributed by atoms with van der Waals surface area (Å²) in [5.74, 6) is 15.5. The van der Waals surface area contributed by atoms with Crippen LogP contribution in [0, 0.1) is 49.4 Å². The van der Waals surface area contributed by atoms with E-state index in [2.05, 4.69) is 101 Å². The van der Waals surface area contributed by atoms with Gasteiger partial charge in [0.25, 0.3) is 5.91 Å². The van der Waals surface area contributed by atoms with Gasteiger partial charge in [-0.1, -0.05) is 107 Å². The monoisotopic (exact) mass is 1430 g/mol. The fourth-order valence-electron chi connectivity index (χ4n) is 11.4. The van der Waals surface area contributed by atoms with Crippen molar-refractivity contribution in [3.63, 3.8) is 0 Å². The van der Waals surface area contributed by atoms with Gasteiger partial charge >= 0.3 is 17.9 Å². The number of imidazole rings is 1. The van der Waals surface area contributed by atoms with Crippen molar-refractivity contribution in [1.29, 1.82) is 0 Å². The molecule has 0 radical (unpaired) electrons. The molecule has 1 aliphatic heterocycles. The molecule has 1 saturated heterocycles. The minimum atomic E-state index is -1.22. The number of carboxylic acid groups (broad SMARTS) is 3. The number of nitrogen functional groups attached to an aromatic ring is 1. The van der Waals surface area contributed by atoms with Crippen LogP contribution in [0.25, 0.3) is 11.2 Å². The fourth-order valence-corrected chi connectivity index (χ4v) is 11.4. The lowest BCUT2D eigenvalue weighted by molar-refractivity contribution is -0.122. The molecule has 0 atom stereocenters. The van der Waals surface area contributed by atoms with Gasteiger partial charge in [-0.2, -0.15) is 9.97 Å². The molecule has 6 heterocycles. The number of aromatic amines is 1. The summed E-state index contributed by atoms with van der Waals surface area (Å²) < 4.78 is 11.8. The van der Waals surface area contributed by atoms with E-state index in [0.717, 1.165) is 38.9 Å². The van der Waals surface area contributed by atoms with Crippen LogP contribution >= 0.6 is 0 Å². The zero-order valence-electron chi connectivity index (χ0n) is 59.0. The third-order valence-corrected chi connectivity index (χ3v) is 17.2. The van der Waals surface area contributed by atoms with Gasteiger partial charge in [0.05, 0.1) is 30.0 Å². The smallest absolute Gasteiger partial charge is 0.354 e. The highest BCUT2D eigenvalue weighted by atomic mass is 16.5. The molecule has 0 spiro atoms. The third-order valence-electron chi connectivity index (χ3n) is 17.2. The van der Waals surface area contributed by atoms with Crippen molar-refractivity contribution in [1.82, 2.24) is 65.5 Å². The van der Waals surface area contributed by atoms with Crippen molar-refractivity contribution < 1.29 is 53.6 Å². The molecular weight excluding hydrogens is 1360 g/mol. The molecule has 11 rings (SSSR count). The van der Waals surface area contributed by atoms with E-state index < -0.39 is 17.9 Å². The Morgan fingerprint density at radius 2 is 0.897 bits per heavy atom. The summed E-state index contributed by atoms with van der Waals surface area (Å²) in [6.07, 6.45) is 2.73. The van der Waals surface area contributed by atoms with E-state index >= 15 is 0 Å². The Morgan fingerprint density at radius 3 is 1.36 bits per heavy atom. The number of ether oxygens (including phenoxy) is 2. The number of benzene rings is 5. The Bertz CT molecular complexity index is 4920. The number of nitrogens with one attached hydrogen (secondary N) is 4. The van der Waals surface area contributed by atoms with Crippen molar-refractivity contribution in [3.8, 4) is 47.2 Å². The van der Waals surface area contributed by atoms with Gasteiger partial charge in [0.1, 0.15) is 29.4 Å². The first-order chi connectivity index (χ1) is 51.8. The molecule has 107 heavy (non-hydrogen) atoms. The van der Waals surface area contributed by atoms with Gasteiger partial charge in [-0.15, -0.1) is 0 Å². The molecule has 0 bridgehead atoms. The molecule has 9 N–H and O–H groups in total. The molecule has 1 fully saturated rings. The maximum absolute atomic E-state index is 12.9. The lowest BCUT2D eigenvalue weighted by Gasteiger charge is -2.25. The number of H-pyrrole nitrogens is 1. The van der Waals surface area contributed by atoms with E-state index in [1.54, 1.807) is 66.7 Å². The largest absolute Gasteiger partial charge is 0.494 e. The molecule has 1 aliphatic rings. The first kappa shape index (κ1) is 75.1. The van der Waals surface area contributed by atoms with Crippen LogP contribution in [-0.2, 0) is 48.9 Å². The van der Waals surface area contributed by atoms with Crippen LogP contribution in [-0.4, -0.2) is 153 Å². The molecule has 542 valence electrons. The van der Waals surface area contributed by atoms with E-state index in [1.807, 2.05) is 86.6 Å². The Morgan fingerprint density at radius 1 is 0.477 bits per heavy atom. The van der Waals surface area contributed by atoms with Gasteiger partial charge in [0, 0.05) is 130 Å². The van der Waals surface area contributed by atoms with E-state index in [4.69, 9.17) is 15.2 Å². The molecule has 10 aromatic rings. The number of amides is 3. The second kappa shape index (κ2) is 36.8. The van der Waals surface area contributed by atoms with Crippen LogP contribution in [0.5, 0.6) is 11.6 Å². The van der Waals surface area contributed by atoms with E-state index in [-0.39, 0.29) is 92.3 Å². The minimum absolute atomic E-state index is 0.0728. The summed E-state index contributed by atoms with van der Waals surface area (Å²) in [5, 5.41) is 39.3. The Kier molecular flexibility index (Phi) is 25.8. The van der Waals surface area contributed by atoms with Gasteiger partial charge in [-0.3, -0.25) is 29.1 Å². The van der Waals surface area contributed by atoms with Crippen molar-refractivity contribution in [2.45, 2.75) is 78.9 Å². The number of nitrogens with two attached hydrogens (primary N) is 1. The number of rotatable bonds is 26. The van der Waals surface area contributed by atoms with Gasteiger partial charge in [-0.25, -0.2) is 34.3 Å². The molecule has 0 aliphatic carbocycles. The van der Waals surface area contributed by atoms with Crippen molar-refractivity contribution >= 4 is 52.7 Å². The van der Waals surface area contributed by atoms with Crippen LogP contribution in [0.3, 0.4) is 0 Å². The first-order valence-electron chi connectivity index (χ1n) is 34.7. The standard InChI is InChI=1S/C82H78N14O11/c1-54-7-11-56(12-8-54)15-22-62-41-66(89-70(44-62)79(100)101)49-94-34-35-95(50-67-42-63(45-71(90-67)80(102)103)23-16-57-13-9-55(2)10-14-57)37-39-96(38-36-94)51-68-43-64(46-72(91-68)81(104)105)24-17-58-27-31-69(32-28-58)106-40-4-33-84-73(97)5-3-6-74(98)85-47-60-25-29-65(30-26-60)77(99)86-48-59-18-20-61(21-19-59)52-107-78-75-76(88-53-87-75)92-82(83)93-78/h7-14,18-21,25-32,41-46,53H,3-6,33-40,47-52H2,1-2H3,(H,84,97)(H,85,98)(H,86,99)(H,100,101)(H,102,103)(H,104,105)(H3,83,87,88,92,93). The first-order valence-corrected chi connectivity index (χ1v) is 34.7. The van der Waals surface area contributed by atoms with Gasteiger partial charge in [0.2, 0.25) is 23.6 Å².